The normalized spacial score (nSPS) is 16.3. The van der Waals surface area contributed by atoms with Crippen LogP contribution < -0.4 is 10.7 Å². The Morgan fingerprint density at radius 3 is 2.46 bits per heavy atom. The molecule has 1 atom stereocenters. The number of anilines is 1. The number of carbonyl (C=O) groups excluding carboxylic acids is 2. The number of primary amides is 1. The molecule has 0 fully saturated rings. The van der Waals surface area contributed by atoms with Gasteiger partial charge in [0.2, 0.25) is 5.91 Å². The molecule has 0 saturated heterocycles. The van der Waals surface area contributed by atoms with Crippen LogP contribution in [-0.4, -0.2) is 23.6 Å². The zero-order chi connectivity index (χ0) is 18.7. The van der Waals surface area contributed by atoms with Gasteiger partial charge in [0.05, 0.1) is 5.69 Å². The average molecular weight is 376 g/mol. The maximum absolute atomic E-state index is 13.1. The number of nitrogens with two attached hydrogens (primary N) is 1. The second-order valence-electron chi connectivity index (χ2n) is 5.69. The van der Waals surface area contributed by atoms with Gasteiger partial charge in [0.1, 0.15) is 24.2 Å². The number of benzene rings is 2. The quantitative estimate of drug-likeness (QED) is 0.814. The molecule has 0 aliphatic carbocycles. The van der Waals surface area contributed by atoms with Crippen molar-refractivity contribution in [1.29, 1.82) is 0 Å². The Bertz CT molecular complexity index is 853. The van der Waals surface area contributed by atoms with Crippen molar-refractivity contribution >= 4 is 34.9 Å². The third-order valence-corrected chi connectivity index (χ3v) is 4.10. The summed E-state index contributed by atoms with van der Waals surface area (Å²) in [5.41, 5.74) is 6.70. The molecule has 0 aromatic heterocycles. The third kappa shape index (κ3) is 4.00. The molecule has 26 heavy (non-hydrogen) atoms. The van der Waals surface area contributed by atoms with E-state index in [4.69, 9.17) is 22.1 Å². The van der Waals surface area contributed by atoms with Crippen LogP contribution in [0.5, 0.6) is 0 Å². The molecular weight excluding hydrogens is 361 g/mol. The van der Waals surface area contributed by atoms with Gasteiger partial charge in [0.25, 0.3) is 0 Å². The minimum atomic E-state index is -0.835. The van der Waals surface area contributed by atoms with Crippen molar-refractivity contribution in [2.24, 2.45) is 10.8 Å². The second-order valence-corrected chi connectivity index (χ2v) is 6.13. The zero-order valence-electron chi connectivity index (χ0n) is 13.6. The van der Waals surface area contributed by atoms with Crippen LogP contribution in [0.1, 0.15) is 12.0 Å². The molecule has 1 heterocycles. The van der Waals surface area contributed by atoms with E-state index in [1.165, 1.54) is 29.3 Å². The van der Waals surface area contributed by atoms with Crippen LogP contribution >= 0.6 is 11.6 Å². The first-order valence-corrected chi connectivity index (χ1v) is 8.15. The first-order valence-electron chi connectivity index (χ1n) is 7.77. The van der Waals surface area contributed by atoms with Crippen molar-refractivity contribution in [3.05, 3.63) is 64.9 Å². The van der Waals surface area contributed by atoms with E-state index in [1.807, 2.05) is 0 Å². The van der Waals surface area contributed by atoms with Gasteiger partial charge in [-0.2, -0.15) is 5.10 Å². The molecule has 2 aromatic rings. The van der Waals surface area contributed by atoms with E-state index in [9.17, 15) is 14.0 Å². The molecule has 2 aromatic carbocycles. The number of esters is 1. The van der Waals surface area contributed by atoms with Crippen molar-refractivity contribution in [3.8, 4) is 0 Å². The molecule has 0 saturated carbocycles. The van der Waals surface area contributed by atoms with Crippen molar-refractivity contribution < 1.29 is 18.7 Å². The Morgan fingerprint density at radius 2 is 1.85 bits per heavy atom. The summed E-state index contributed by atoms with van der Waals surface area (Å²) in [5, 5.41) is 6.04. The van der Waals surface area contributed by atoms with Gasteiger partial charge < -0.3 is 10.5 Å². The molecule has 2 N–H and O–H groups in total. The minimum absolute atomic E-state index is 0.0200. The van der Waals surface area contributed by atoms with Crippen LogP contribution in [0.3, 0.4) is 0 Å². The standard InChI is InChI=1S/C18H15ClFN3O3/c19-12-3-1-11(2-4-12)10-26-18(25)15-9-16(17(21)24)23(22-15)14-7-5-13(20)6-8-14/h1-8,16H,9-10H2,(H2,21,24). The number of hydrogen-bond donors (Lipinski definition) is 1. The topological polar surface area (TPSA) is 85.0 Å². The summed E-state index contributed by atoms with van der Waals surface area (Å²) in [5.74, 6) is -1.70. The van der Waals surface area contributed by atoms with E-state index in [2.05, 4.69) is 5.10 Å². The Balaban J connectivity index is 1.73. The van der Waals surface area contributed by atoms with Gasteiger partial charge in [-0.05, 0) is 42.0 Å². The van der Waals surface area contributed by atoms with E-state index in [-0.39, 0.29) is 18.7 Å². The van der Waals surface area contributed by atoms with E-state index >= 15 is 0 Å². The van der Waals surface area contributed by atoms with E-state index in [0.29, 0.717) is 10.7 Å². The highest BCUT2D eigenvalue weighted by atomic mass is 35.5. The Morgan fingerprint density at radius 1 is 1.19 bits per heavy atom. The van der Waals surface area contributed by atoms with Gasteiger partial charge in [-0.15, -0.1) is 0 Å². The number of amides is 1. The Labute approximate surface area is 154 Å². The fourth-order valence-corrected chi connectivity index (χ4v) is 2.63. The smallest absolute Gasteiger partial charge is 0.354 e. The highest BCUT2D eigenvalue weighted by molar-refractivity contribution is 6.38. The zero-order valence-corrected chi connectivity index (χ0v) is 14.3. The number of hydrogen-bond acceptors (Lipinski definition) is 5. The lowest BCUT2D eigenvalue weighted by Crippen LogP contribution is -2.39. The first-order chi connectivity index (χ1) is 12.4. The summed E-state index contributed by atoms with van der Waals surface area (Å²) in [7, 11) is 0. The molecular formula is C18H15ClFN3O3. The van der Waals surface area contributed by atoms with Crippen LogP contribution in [0.4, 0.5) is 10.1 Å². The molecule has 0 radical (unpaired) electrons. The number of nitrogens with zero attached hydrogens (tertiary/aromatic N) is 2. The lowest BCUT2D eigenvalue weighted by Gasteiger charge is -2.20. The molecule has 0 spiro atoms. The molecule has 0 bridgehead atoms. The van der Waals surface area contributed by atoms with E-state index < -0.39 is 23.7 Å². The maximum atomic E-state index is 13.1. The number of carbonyl (C=O) groups is 2. The molecule has 8 heteroatoms. The van der Waals surface area contributed by atoms with Gasteiger partial charge in [-0.25, -0.2) is 9.18 Å². The highest BCUT2D eigenvalue weighted by Crippen LogP contribution is 2.25. The van der Waals surface area contributed by atoms with Gasteiger partial charge in [0.15, 0.2) is 0 Å². The number of halogens is 2. The number of ether oxygens (including phenoxy) is 1. The van der Waals surface area contributed by atoms with Gasteiger partial charge in [-0.1, -0.05) is 23.7 Å². The van der Waals surface area contributed by atoms with Crippen molar-refractivity contribution in [2.75, 3.05) is 5.01 Å². The van der Waals surface area contributed by atoms with Crippen LogP contribution in [0.2, 0.25) is 5.02 Å². The summed E-state index contributed by atoms with van der Waals surface area (Å²) in [6.45, 7) is 0.0484. The van der Waals surface area contributed by atoms with Gasteiger partial charge in [0, 0.05) is 11.4 Å². The average Bonchev–Trinajstić information content (AvgIpc) is 3.07. The second kappa shape index (κ2) is 7.53. The highest BCUT2D eigenvalue weighted by Gasteiger charge is 2.35. The van der Waals surface area contributed by atoms with E-state index in [1.54, 1.807) is 24.3 Å². The molecule has 134 valence electrons. The van der Waals surface area contributed by atoms with Crippen LogP contribution in [0.15, 0.2) is 53.6 Å². The fourth-order valence-electron chi connectivity index (χ4n) is 2.50. The summed E-state index contributed by atoms with van der Waals surface area (Å²) < 4.78 is 18.3. The molecule has 1 amide bonds. The van der Waals surface area contributed by atoms with Gasteiger partial charge in [-0.3, -0.25) is 9.80 Å². The van der Waals surface area contributed by atoms with Crippen molar-refractivity contribution in [1.82, 2.24) is 0 Å². The molecule has 1 aliphatic rings. The first kappa shape index (κ1) is 17.9. The fraction of sp³-hybridized carbons (Fsp3) is 0.167. The maximum Gasteiger partial charge on any atom is 0.354 e. The summed E-state index contributed by atoms with van der Waals surface area (Å²) >= 11 is 5.81. The predicted molar refractivity (Wildman–Crippen MR) is 95.2 cm³/mol. The summed E-state index contributed by atoms with van der Waals surface area (Å²) in [4.78, 5) is 24.0. The predicted octanol–water partition coefficient (Wildman–Crippen LogP) is 2.64. The molecule has 6 nitrogen and oxygen atoms in total. The van der Waals surface area contributed by atoms with Crippen molar-refractivity contribution in [2.45, 2.75) is 19.1 Å². The Hall–Kier alpha value is -2.93. The monoisotopic (exact) mass is 375 g/mol. The lowest BCUT2D eigenvalue weighted by molar-refractivity contribution is -0.136. The van der Waals surface area contributed by atoms with Gasteiger partial charge >= 0.3 is 5.97 Å². The number of rotatable bonds is 5. The minimum Gasteiger partial charge on any atom is -0.456 e. The van der Waals surface area contributed by atoms with E-state index in [0.717, 1.165) is 5.56 Å². The molecule has 1 unspecified atom stereocenters. The SMILES string of the molecule is NC(=O)C1CC(C(=O)OCc2ccc(Cl)cc2)=NN1c1ccc(F)cc1. The van der Waals surface area contributed by atoms with Crippen LogP contribution in [0.25, 0.3) is 0 Å². The largest absolute Gasteiger partial charge is 0.456 e. The third-order valence-electron chi connectivity index (χ3n) is 3.85. The molecule has 1 aliphatic heterocycles. The molecule has 3 rings (SSSR count). The number of hydrazone groups is 1. The van der Waals surface area contributed by atoms with Crippen LogP contribution in [-0.2, 0) is 20.9 Å². The lowest BCUT2D eigenvalue weighted by atomic mass is 10.1. The van der Waals surface area contributed by atoms with Crippen LogP contribution in [0, 0.1) is 5.82 Å². The summed E-state index contributed by atoms with van der Waals surface area (Å²) in [6, 6.07) is 11.4. The van der Waals surface area contributed by atoms with Crippen molar-refractivity contribution in [3.63, 3.8) is 0 Å². The Kier molecular flexibility index (Phi) is 5.18. The summed E-state index contributed by atoms with van der Waals surface area (Å²) in [6.07, 6.45) is 0.0200.